The number of thiophene rings is 1. The van der Waals surface area contributed by atoms with Crippen molar-refractivity contribution in [3.05, 3.63) is 83.5 Å². The van der Waals surface area contributed by atoms with Gasteiger partial charge in [0.1, 0.15) is 0 Å². The van der Waals surface area contributed by atoms with Gasteiger partial charge in [-0.2, -0.15) is 5.10 Å². The van der Waals surface area contributed by atoms with Crippen molar-refractivity contribution < 1.29 is 4.79 Å². The molecule has 0 aliphatic carbocycles. The van der Waals surface area contributed by atoms with E-state index in [1.807, 2.05) is 70.9 Å². The molecule has 0 aliphatic rings. The van der Waals surface area contributed by atoms with E-state index in [0.717, 1.165) is 26.9 Å². The summed E-state index contributed by atoms with van der Waals surface area (Å²) >= 11 is 1.59. The molecule has 2 aromatic carbocycles. The molecule has 0 aliphatic heterocycles. The second kappa shape index (κ2) is 6.29. The number of fused-ring (bicyclic) bond motifs is 1. The standard InChI is InChI=1S/C19H15N3OS/c23-19(17-13-24-18-9-5-4-8-16(17)18)20-10-14-11-21-22(12-14)15-6-2-1-3-7-15/h1-9,11-13H,10H2,(H,20,23). The Kier molecular flexibility index (Phi) is 3.84. The monoisotopic (exact) mass is 333 g/mol. The van der Waals surface area contributed by atoms with Crippen LogP contribution in [0.4, 0.5) is 0 Å². The third kappa shape index (κ3) is 2.81. The van der Waals surface area contributed by atoms with Gasteiger partial charge >= 0.3 is 0 Å². The molecule has 0 saturated heterocycles. The summed E-state index contributed by atoms with van der Waals surface area (Å²) in [5, 5.41) is 10.2. The van der Waals surface area contributed by atoms with E-state index in [4.69, 9.17) is 0 Å². The van der Waals surface area contributed by atoms with Crippen LogP contribution < -0.4 is 5.32 Å². The number of para-hydroxylation sites is 1. The van der Waals surface area contributed by atoms with Crippen LogP contribution in [-0.2, 0) is 6.54 Å². The Labute approximate surface area is 143 Å². The molecule has 0 saturated carbocycles. The highest BCUT2D eigenvalue weighted by Gasteiger charge is 2.12. The zero-order valence-corrected chi connectivity index (χ0v) is 13.7. The first-order valence-corrected chi connectivity index (χ1v) is 8.52. The van der Waals surface area contributed by atoms with Gasteiger partial charge in [-0.25, -0.2) is 4.68 Å². The normalized spacial score (nSPS) is 10.8. The highest BCUT2D eigenvalue weighted by atomic mass is 32.1. The van der Waals surface area contributed by atoms with Gasteiger partial charge < -0.3 is 5.32 Å². The fraction of sp³-hybridized carbons (Fsp3) is 0.0526. The minimum Gasteiger partial charge on any atom is -0.348 e. The van der Waals surface area contributed by atoms with Crippen molar-refractivity contribution in [1.29, 1.82) is 0 Å². The molecule has 2 aromatic heterocycles. The summed E-state index contributed by atoms with van der Waals surface area (Å²) in [6.07, 6.45) is 3.71. The Bertz CT molecular complexity index is 988. The molecule has 1 amide bonds. The van der Waals surface area contributed by atoms with Crippen molar-refractivity contribution in [2.24, 2.45) is 0 Å². The third-order valence-electron chi connectivity index (χ3n) is 3.84. The third-order valence-corrected chi connectivity index (χ3v) is 4.80. The SMILES string of the molecule is O=C(NCc1cnn(-c2ccccc2)c1)c1csc2ccccc12. The maximum absolute atomic E-state index is 12.4. The van der Waals surface area contributed by atoms with Gasteiger partial charge in [0.2, 0.25) is 0 Å². The summed E-state index contributed by atoms with van der Waals surface area (Å²) in [4.78, 5) is 12.4. The number of aromatic nitrogens is 2. The molecule has 4 rings (SSSR count). The topological polar surface area (TPSA) is 46.9 Å². The van der Waals surface area contributed by atoms with Gasteiger partial charge in [0.05, 0.1) is 17.4 Å². The second-order valence-corrected chi connectivity index (χ2v) is 6.37. The van der Waals surface area contributed by atoms with E-state index in [0.29, 0.717) is 6.54 Å². The second-order valence-electron chi connectivity index (χ2n) is 5.46. The summed E-state index contributed by atoms with van der Waals surface area (Å²) < 4.78 is 2.93. The van der Waals surface area contributed by atoms with Crippen LogP contribution in [0.25, 0.3) is 15.8 Å². The van der Waals surface area contributed by atoms with Gasteiger partial charge in [-0.3, -0.25) is 4.79 Å². The molecule has 0 bridgehead atoms. The highest BCUT2D eigenvalue weighted by Crippen LogP contribution is 2.25. The van der Waals surface area contributed by atoms with E-state index in [1.165, 1.54) is 0 Å². The summed E-state index contributed by atoms with van der Waals surface area (Å²) in [7, 11) is 0. The molecule has 0 atom stereocenters. The number of nitrogens with zero attached hydrogens (tertiary/aromatic N) is 2. The van der Waals surface area contributed by atoms with Crippen molar-refractivity contribution in [3.63, 3.8) is 0 Å². The first-order valence-electron chi connectivity index (χ1n) is 7.65. The predicted molar refractivity (Wildman–Crippen MR) is 96.6 cm³/mol. The number of nitrogens with one attached hydrogen (secondary N) is 1. The Morgan fingerprint density at radius 1 is 1.08 bits per heavy atom. The average molecular weight is 333 g/mol. The van der Waals surface area contributed by atoms with Crippen molar-refractivity contribution >= 4 is 27.3 Å². The van der Waals surface area contributed by atoms with E-state index in [2.05, 4.69) is 10.4 Å². The number of carbonyl (C=O) groups excluding carboxylic acids is 1. The molecular formula is C19H15N3OS. The summed E-state index contributed by atoms with van der Waals surface area (Å²) in [6.45, 7) is 0.454. The highest BCUT2D eigenvalue weighted by molar-refractivity contribution is 7.17. The minimum atomic E-state index is -0.0556. The predicted octanol–water partition coefficient (Wildman–Crippen LogP) is 4.02. The van der Waals surface area contributed by atoms with Gasteiger partial charge in [-0.1, -0.05) is 36.4 Å². The van der Waals surface area contributed by atoms with Gasteiger partial charge in [0.15, 0.2) is 0 Å². The lowest BCUT2D eigenvalue weighted by Gasteiger charge is -2.03. The van der Waals surface area contributed by atoms with Crippen LogP contribution in [0.15, 0.2) is 72.4 Å². The number of hydrogen-bond acceptors (Lipinski definition) is 3. The van der Waals surface area contributed by atoms with Crippen LogP contribution >= 0.6 is 11.3 Å². The van der Waals surface area contributed by atoms with Crippen LogP contribution in [0.3, 0.4) is 0 Å². The van der Waals surface area contributed by atoms with E-state index in [1.54, 1.807) is 17.5 Å². The van der Waals surface area contributed by atoms with Crippen molar-refractivity contribution in [1.82, 2.24) is 15.1 Å². The van der Waals surface area contributed by atoms with E-state index in [-0.39, 0.29) is 5.91 Å². The molecule has 4 aromatic rings. The van der Waals surface area contributed by atoms with Gasteiger partial charge in [-0.05, 0) is 18.2 Å². The summed E-state index contributed by atoms with van der Waals surface area (Å²) in [6, 6.07) is 17.8. The number of hydrogen-bond donors (Lipinski definition) is 1. The summed E-state index contributed by atoms with van der Waals surface area (Å²) in [5.74, 6) is -0.0556. The molecular weight excluding hydrogens is 318 g/mol. The molecule has 0 radical (unpaired) electrons. The summed E-state index contributed by atoms with van der Waals surface area (Å²) in [5.41, 5.74) is 2.69. The molecule has 0 unspecified atom stereocenters. The Balaban J connectivity index is 1.47. The Morgan fingerprint density at radius 3 is 2.75 bits per heavy atom. The first-order chi connectivity index (χ1) is 11.8. The smallest absolute Gasteiger partial charge is 0.253 e. The molecule has 0 fully saturated rings. The molecule has 5 heteroatoms. The zero-order valence-electron chi connectivity index (χ0n) is 12.8. The average Bonchev–Trinajstić information content (AvgIpc) is 3.27. The van der Waals surface area contributed by atoms with Gasteiger partial charge in [0, 0.05) is 33.8 Å². The fourth-order valence-electron chi connectivity index (χ4n) is 2.60. The van der Waals surface area contributed by atoms with E-state index < -0.39 is 0 Å². The fourth-order valence-corrected chi connectivity index (χ4v) is 3.55. The van der Waals surface area contributed by atoms with E-state index in [9.17, 15) is 4.79 Å². The van der Waals surface area contributed by atoms with Crippen LogP contribution in [0, 0.1) is 0 Å². The van der Waals surface area contributed by atoms with E-state index >= 15 is 0 Å². The maximum atomic E-state index is 12.4. The van der Waals surface area contributed by atoms with Crippen molar-refractivity contribution in [2.45, 2.75) is 6.54 Å². The molecule has 4 nitrogen and oxygen atoms in total. The molecule has 1 N–H and O–H groups in total. The van der Waals surface area contributed by atoms with Gasteiger partial charge in [-0.15, -0.1) is 11.3 Å². The Hall–Kier alpha value is -2.92. The lowest BCUT2D eigenvalue weighted by atomic mass is 10.1. The number of amides is 1. The van der Waals surface area contributed by atoms with Crippen LogP contribution in [-0.4, -0.2) is 15.7 Å². The van der Waals surface area contributed by atoms with Crippen molar-refractivity contribution in [3.8, 4) is 5.69 Å². The number of rotatable bonds is 4. The van der Waals surface area contributed by atoms with Crippen LogP contribution in [0.5, 0.6) is 0 Å². The van der Waals surface area contributed by atoms with Crippen molar-refractivity contribution in [2.75, 3.05) is 0 Å². The molecule has 0 spiro atoms. The first kappa shape index (κ1) is 14.7. The lowest BCUT2D eigenvalue weighted by Crippen LogP contribution is -2.22. The quantitative estimate of drug-likeness (QED) is 0.613. The lowest BCUT2D eigenvalue weighted by molar-refractivity contribution is 0.0953. The van der Waals surface area contributed by atoms with Gasteiger partial charge in [0.25, 0.3) is 5.91 Å². The molecule has 2 heterocycles. The van der Waals surface area contributed by atoms with Crippen LogP contribution in [0.2, 0.25) is 0 Å². The molecule has 118 valence electrons. The number of carbonyl (C=O) groups is 1. The zero-order chi connectivity index (χ0) is 16.4. The molecule has 24 heavy (non-hydrogen) atoms. The Morgan fingerprint density at radius 2 is 1.88 bits per heavy atom. The number of benzene rings is 2. The maximum Gasteiger partial charge on any atom is 0.253 e. The largest absolute Gasteiger partial charge is 0.348 e. The minimum absolute atomic E-state index is 0.0556. The van der Waals surface area contributed by atoms with Crippen LogP contribution in [0.1, 0.15) is 15.9 Å².